The Morgan fingerprint density at radius 1 is 1.21 bits per heavy atom. The third-order valence-corrected chi connectivity index (χ3v) is 4.30. The van der Waals surface area contributed by atoms with E-state index in [0.29, 0.717) is 6.61 Å². The number of hydrogen-bond donors (Lipinski definition) is 1. The average Bonchev–Trinajstić information content (AvgIpc) is 2.41. The van der Waals surface area contributed by atoms with Crippen molar-refractivity contribution in [3.05, 3.63) is 34.9 Å². The smallest absolute Gasteiger partial charge is 0.0912 e. The molecule has 0 aliphatic carbocycles. The van der Waals surface area contributed by atoms with Crippen LogP contribution >= 0.6 is 11.6 Å². The van der Waals surface area contributed by atoms with Crippen LogP contribution < -0.4 is 5.73 Å². The van der Waals surface area contributed by atoms with Crippen molar-refractivity contribution in [2.45, 2.75) is 57.1 Å². The van der Waals surface area contributed by atoms with E-state index in [9.17, 15) is 0 Å². The van der Waals surface area contributed by atoms with Crippen molar-refractivity contribution in [3.8, 4) is 0 Å². The standard InChI is InChI=1S/C16H24ClNO/c1-2-3-4-5-6-7-15-16(18,12-19-15)13-8-10-14(17)11-9-13/h8-11,15H,2-7,12,18H2,1H3. The lowest BCUT2D eigenvalue weighted by Crippen LogP contribution is -2.61. The fourth-order valence-electron chi connectivity index (χ4n) is 2.68. The molecule has 106 valence electrons. The molecule has 2 rings (SSSR count). The van der Waals surface area contributed by atoms with Crippen LogP contribution in [0.2, 0.25) is 5.02 Å². The third-order valence-electron chi connectivity index (χ3n) is 4.05. The second-order valence-corrected chi connectivity index (χ2v) is 5.99. The van der Waals surface area contributed by atoms with Gasteiger partial charge >= 0.3 is 0 Å². The Morgan fingerprint density at radius 3 is 2.47 bits per heavy atom. The monoisotopic (exact) mass is 281 g/mol. The molecule has 1 fully saturated rings. The van der Waals surface area contributed by atoms with Gasteiger partial charge in [0.05, 0.1) is 18.2 Å². The van der Waals surface area contributed by atoms with E-state index in [-0.39, 0.29) is 11.6 Å². The second kappa shape index (κ2) is 6.74. The molecule has 0 spiro atoms. The molecule has 2 nitrogen and oxygen atoms in total. The molecule has 0 saturated carbocycles. The summed E-state index contributed by atoms with van der Waals surface area (Å²) in [5, 5.41) is 0.753. The van der Waals surface area contributed by atoms with Crippen LogP contribution in [0.4, 0.5) is 0 Å². The van der Waals surface area contributed by atoms with Gasteiger partial charge in [-0.2, -0.15) is 0 Å². The maximum absolute atomic E-state index is 6.49. The molecule has 3 heteroatoms. The van der Waals surface area contributed by atoms with Crippen LogP contribution in [-0.4, -0.2) is 12.7 Å². The summed E-state index contributed by atoms with van der Waals surface area (Å²) in [6.45, 7) is 2.86. The summed E-state index contributed by atoms with van der Waals surface area (Å²) < 4.78 is 5.68. The van der Waals surface area contributed by atoms with Gasteiger partial charge in [0.25, 0.3) is 0 Å². The molecule has 1 aromatic rings. The molecule has 1 aliphatic heterocycles. The molecule has 0 radical (unpaired) electrons. The second-order valence-electron chi connectivity index (χ2n) is 5.55. The fraction of sp³-hybridized carbons (Fsp3) is 0.625. The van der Waals surface area contributed by atoms with Crippen LogP contribution in [0.1, 0.15) is 51.0 Å². The molecule has 0 amide bonds. The average molecular weight is 282 g/mol. The molecular formula is C16H24ClNO. The first-order valence-corrected chi connectivity index (χ1v) is 7.71. The van der Waals surface area contributed by atoms with Gasteiger partial charge in [0.1, 0.15) is 0 Å². The Kier molecular flexibility index (Phi) is 5.26. The number of unbranched alkanes of at least 4 members (excludes halogenated alkanes) is 4. The Balaban J connectivity index is 1.84. The molecule has 2 N–H and O–H groups in total. The Hall–Kier alpha value is -0.570. The summed E-state index contributed by atoms with van der Waals surface area (Å²) in [6, 6.07) is 7.86. The maximum atomic E-state index is 6.49. The molecular weight excluding hydrogens is 258 g/mol. The highest BCUT2D eigenvalue weighted by molar-refractivity contribution is 6.30. The van der Waals surface area contributed by atoms with Gasteiger partial charge in [0, 0.05) is 5.02 Å². The summed E-state index contributed by atoms with van der Waals surface area (Å²) in [5.74, 6) is 0. The van der Waals surface area contributed by atoms with Crippen molar-refractivity contribution in [2.75, 3.05) is 6.61 Å². The first-order chi connectivity index (χ1) is 9.16. The molecule has 1 heterocycles. The predicted molar refractivity (Wildman–Crippen MR) is 80.4 cm³/mol. The lowest BCUT2D eigenvalue weighted by Gasteiger charge is -2.47. The summed E-state index contributed by atoms with van der Waals surface area (Å²) in [5.41, 5.74) is 7.32. The number of benzene rings is 1. The van der Waals surface area contributed by atoms with Crippen molar-refractivity contribution >= 4 is 11.6 Å². The highest BCUT2D eigenvalue weighted by atomic mass is 35.5. The van der Waals surface area contributed by atoms with Crippen molar-refractivity contribution in [2.24, 2.45) is 5.73 Å². The van der Waals surface area contributed by atoms with Gasteiger partial charge in [-0.15, -0.1) is 0 Å². The number of ether oxygens (including phenoxy) is 1. The first kappa shape index (κ1) is 14.8. The van der Waals surface area contributed by atoms with Crippen LogP contribution in [0.15, 0.2) is 24.3 Å². The van der Waals surface area contributed by atoms with E-state index in [2.05, 4.69) is 6.92 Å². The van der Waals surface area contributed by atoms with Crippen LogP contribution in [0.25, 0.3) is 0 Å². The number of nitrogens with two attached hydrogens (primary N) is 1. The van der Waals surface area contributed by atoms with Crippen molar-refractivity contribution < 1.29 is 4.74 Å². The molecule has 0 bridgehead atoms. The van der Waals surface area contributed by atoms with Gasteiger partial charge in [-0.05, 0) is 24.1 Å². The summed E-state index contributed by atoms with van der Waals surface area (Å²) in [7, 11) is 0. The Bertz CT molecular complexity index is 392. The maximum Gasteiger partial charge on any atom is 0.0912 e. The van der Waals surface area contributed by atoms with Crippen LogP contribution in [0, 0.1) is 0 Å². The van der Waals surface area contributed by atoms with Gasteiger partial charge in [-0.3, -0.25) is 0 Å². The Labute approximate surface area is 121 Å². The minimum atomic E-state index is -0.310. The lowest BCUT2D eigenvalue weighted by atomic mass is 9.79. The molecule has 0 aromatic heterocycles. The van der Waals surface area contributed by atoms with Gasteiger partial charge < -0.3 is 10.5 Å². The number of rotatable bonds is 7. The minimum Gasteiger partial charge on any atom is -0.373 e. The van der Waals surface area contributed by atoms with E-state index in [1.807, 2.05) is 24.3 Å². The highest BCUT2D eigenvalue weighted by Gasteiger charge is 2.45. The summed E-state index contributed by atoms with van der Waals surface area (Å²) in [4.78, 5) is 0. The molecule has 1 aromatic carbocycles. The van der Waals surface area contributed by atoms with Gasteiger partial charge in [0.2, 0.25) is 0 Å². The van der Waals surface area contributed by atoms with Gasteiger partial charge in [0.15, 0.2) is 0 Å². The molecule has 2 atom stereocenters. The van der Waals surface area contributed by atoms with E-state index in [0.717, 1.165) is 17.0 Å². The zero-order valence-corrected chi connectivity index (χ0v) is 12.5. The van der Waals surface area contributed by atoms with E-state index in [4.69, 9.17) is 22.1 Å². The van der Waals surface area contributed by atoms with E-state index in [1.165, 1.54) is 32.1 Å². The quantitative estimate of drug-likeness (QED) is 0.758. The normalized spacial score (nSPS) is 26.2. The van der Waals surface area contributed by atoms with Crippen LogP contribution in [0.5, 0.6) is 0 Å². The van der Waals surface area contributed by atoms with E-state index < -0.39 is 0 Å². The third kappa shape index (κ3) is 3.50. The van der Waals surface area contributed by atoms with Gasteiger partial charge in [-0.1, -0.05) is 62.8 Å². The molecule has 1 saturated heterocycles. The zero-order valence-electron chi connectivity index (χ0n) is 11.7. The molecule has 2 unspecified atom stereocenters. The lowest BCUT2D eigenvalue weighted by molar-refractivity contribution is -0.141. The van der Waals surface area contributed by atoms with E-state index >= 15 is 0 Å². The topological polar surface area (TPSA) is 35.2 Å². The van der Waals surface area contributed by atoms with E-state index in [1.54, 1.807) is 0 Å². The minimum absolute atomic E-state index is 0.162. The molecule has 19 heavy (non-hydrogen) atoms. The predicted octanol–water partition coefficient (Wildman–Crippen LogP) is 4.25. The van der Waals surface area contributed by atoms with Crippen molar-refractivity contribution in [3.63, 3.8) is 0 Å². The van der Waals surface area contributed by atoms with Gasteiger partial charge in [-0.25, -0.2) is 0 Å². The number of hydrogen-bond acceptors (Lipinski definition) is 2. The summed E-state index contributed by atoms with van der Waals surface area (Å²) >= 11 is 5.92. The summed E-state index contributed by atoms with van der Waals surface area (Å²) in [6.07, 6.45) is 7.64. The van der Waals surface area contributed by atoms with Crippen molar-refractivity contribution in [1.82, 2.24) is 0 Å². The fourth-order valence-corrected chi connectivity index (χ4v) is 2.81. The Morgan fingerprint density at radius 2 is 1.89 bits per heavy atom. The molecule has 1 aliphatic rings. The highest BCUT2D eigenvalue weighted by Crippen LogP contribution is 2.36. The largest absolute Gasteiger partial charge is 0.373 e. The number of halogens is 1. The van der Waals surface area contributed by atoms with Crippen LogP contribution in [0.3, 0.4) is 0 Å². The van der Waals surface area contributed by atoms with Crippen LogP contribution in [-0.2, 0) is 10.3 Å². The SMILES string of the molecule is CCCCCCCC1OCC1(N)c1ccc(Cl)cc1. The first-order valence-electron chi connectivity index (χ1n) is 7.33. The zero-order chi connectivity index (χ0) is 13.7. The van der Waals surface area contributed by atoms with Crippen molar-refractivity contribution in [1.29, 1.82) is 0 Å².